The first-order valence-corrected chi connectivity index (χ1v) is 8.69. The Morgan fingerprint density at radius 3 is 2.33 bits per heavy atom. The molecule has 0 radical (unpaired) electrons. The summed E-state index contributed by atoms with van der Waals surface area (Å²) in [5.74, 6) is 0.885. The van der Waals surface area contributed by atoms with Gasteiger partial charge < -0.3 is 0 Å². The van der Waals surface area contributed by atoms with Crippen molar-refractivity contribution in [2.75, 3.05) is 0 Å². The van der Waals surface area contributed by atoms with Crippen LogP contribution in [-0.2, 0) is 6.42 Å². The van der Waals surface area contributed by atoms with E-state index in [4.69, 9.17) is 0 Å². The molecule has 104 valence electrons. The van der Waals surface area contributed by atoms with Crippen LogP contribution in [-0.4, -0.2) is 0 Å². The Kier molecular flexibility index (Phi) is 7.65. The van der Waals surface area contributed by atoms with Crippen LogP contribution in [0, 0.1) is 6.92 Å². The second-order valence-corrected chi connectivity index (χ2v) is 6.42. The molecule has 0 bridgehead atoms. The highest BCUT2D eigenvalue weighted by molar-refractivity contribution is 7.10. The fourth-order valence-electron chi connectivity index (χ4n) is 2.78. The van der Waals surface area contributed by atoms with E-state index >= 15 is 0 Å². The van der Waals surface area contributed by atoms with Gasteiger partial charge in [0.2, 0.25) is 0 Å². The van der Waals surface area contributed by atoms with Gasteiger partial charge in [-0.1, -0.05) is 52.9 Å². The van der Waals surface area contributed by atoms with Crippen LogP contribution in [0.2, 0.25) is 0 Å². The third-order valence-corrected chi connectivity index (χ3v) is 5.11. The zero-order chi connectivity index (χ0) is 13.4. The second kappa shape index (κ2) is 8.74. The number of hydrogen-bond donors (Lipinski definition) is 0. The summed E-state index contributed by atoms with van der Waals surface area (Å²) in [4.78, 5) is 1.66. The van der Waals surface area contributed by atoms with E-state index in [-0.39, 0.29) is 0 Å². The van der Waals surface area contributed by atoms with Gasteiger partial charge in [-0.05, 0) is 48.6 Å². The zero-order valence-corrected chi connectivity index (χ0v) is 13.5. The van der Waals surface area contributed by atoms with Crippen molar-refractivity contribution in [3.8, 4) is 0 Å². The Morgan fingerprint density at radius 2 is 1.78 bits per heavy atom. The number of aryl methyl sites for hydroxylation is 2. The third kappa shape index (κ3) is 4.42. The van der Waals surface area contributed by atoms with Crippen LogP contribution in [0.4, 0.5) is 0 Å². The van der Waals surface area contributed by atoms with Gasteiger partial charge in [-0.15, -0.1) is 11.3 Å². The minimum Gasteiger partial charge on any atom is -0.148 e. The Bertz CT molecular complexity index is 320. The normalized spacial score (nSPS) is 17.2. The first kappa shape index (κ1) is 15.8. The van der Waals surface area contributed by atoms with Crippen molar-refractivity contribution in [1.29, 1.82) is 0 Å². The summed E-state index contributed by atoms with van der Waals surface area (Å²) in [6.07, 6.45) is 11.1. The van der Waals surface area contributed by atoms with Crippen molar-refractivity contribution in [2.24, 2.45) is 0 Å². The average molecular weight is 266 g/mol. The van der Waals surface area contributed by atoms with Gasteiger partial charge in [0.05, 0.1) is 0 Å². The average Bonchev–Trinajstić information content (AvgIpc) is 2.94. The summed E-state index contributed by atoms with van der Waals surface area (Å²) in [7, 11) is 0. The number of rotatable bonds is 5. The number of thiophene rings is 1. The molecule has 0 saturated carbocycles. The maximum atomic E-state index is 2.31. The van der Waals surface area contributed by atoms with E-state index in [0.29, 0.717) is 0 Å². The molecule has 1 aliphatic rings. The molecule has 1 unspecified atom stereocenters. The molecule has 2 rings (SSSR count). The van der Waals surface area contributed by atoms with Crippen molar-refractivity contribution in [3.63, 3.8) is 0 Å². The Balaban J connectivity index is 0.000000203. The third-order valence-electron chi connectivity index (χ3n) is 3.93. The molecule has 0 saturated heterocycles. The molecule has 1 aromatic rings. The quantitative estimate of drug-likeness (QED) is 0.535. The van der Waals surface area contributed by atoms with E-state index in [1.165, 1.54) is 56.9 Å². The Hall–Kier alpha value is -0.300. The largest absolute Gasteiger partial charge is 0.148 e. The van der Waals surface area contributed by atoms with Crippen molar-refractivity contribution in [3.05, 3.63) is 21.4 Å². The fraction of sp³-hybridized carbons (Fsp3) is 0.765. The molecule has 0 nitrogen and oxygen atoms in total. The molecule has 0 aliphatic heterocycles. The second-order valence-electron chi connectivity index (χ2n) is 5.46. The zero-order valence-electron chi connectivity index (χ0n) is 12.7. The summed E-state index contributed by atoms with van der Waals surface area (Å²) in [5, 5.41) is 2.31. The highest BCUT2D eigenvalue weighted by atomic mass is 32.1. The highest BCUT2D eigenvalue weighted by Crippen LogP contribution is 2.40. The van der Waals surface area contributed by atoms with Gasteiger partial charge in [0.15, 0.2) is 0 Å². The maximum absolute atomic E-state index is 2.31. The molecular formula is C17H30S. The lowest BCUT2D eigenvalue weighted by molar-refractivity contribution is 0.653. The maximum Gasteiger partial charge on any atom is 0.00829 e. The lowest BCUT2D eigenvalue weighted by Crippen LogP contribution is -1.90. The van der Waals surface area contributed by atoms with Crippen LogP contribution in [0.25, 0.3) is 0 Å². The number of unbranched alkanes of at least 4 members (excludes halogenated alkanes) is 4. The predicted molar refractivity (Wildman–Crippen MR) is 84.8 cm³/mol. The molecule has 0 amide bonds. The van der Waals surface area contributed by atoms with E-state index in [9.17, 15) is 0 Å². The topological polar surface area (TPSA) is 0 Å². The molecule has 1 heterocycles. The van der Waals surface area contributed by atoms with E-state index in [1.54, 1.807) is 10.4 Å². The first-order valence-electron chi connectivity index (χ1n) is 7.81. The van der Waals surface area contributed by atoms with Gasteiger partial charge in [-0.25, -0.2) is 0 Å². The summed E-state index contributed by atoms with van der Waals surface area (Å²) in [6.45, 7) is 9.05. The van der Waals surface area contributed by atoms with Gasteiger partial charge in [-0.3, -0.25) is 0 Å². The van der Waals surface area contributed by atoms with E-state index in [2.05, 4.69) is 33.1 Å². The van der Waals surface area contributed by atoms with Crippen LogP contribution < -0.4 is 0 Å². The van der Waals surface area contributed by atoms with Gasteiger partial charge >= 0.3 is 0 Å². The van der Waals surface area contributed by atoms with Crippen LogP contribution in [0.15, 0.2) is 5.38 Å². The molecule has 0 fully saturated rings. The van der Waals surface area contributed by atoms with Crippen LogP contribution in [0.1, 0.15) is 87.6 Å². The van der Waals surface area contributed by atoms with Crippen molar-refractivity contribution in [1.82, 2.24) is 0 Å². The highest BCUT2D eigenvalue weighted by Gasteiger charge is 2.23. The lowest BCUT2D eigenvalue weighted by Gasteiger charge is -2.06. The smallest absolute Gasteiger partial charge is 0.00829 e. The van der Waals surface area contributed by atoms with Crippen LogP contribution in [0.5, 0.6) is 0 Å². The molecule has 0 aromatic carbocycles. The molecule has 1 heteroatoms. The van der Waals surface area contributed by atoms with E-state index < -0.39 is 0 Å². The fourth-order valence-corrected chi connectivity index (χ4v) is 3.92. The van der Waals surface area contributed by atoms with E-state index in [0.717, 1.165) is 5.92 Å². The Morgan fingerprint density at radius 1 is 1.11 bits per heavy atom. The minimum atomic E-state index is 0.885. The molecule has 1 atom stereocenters. The lowest BCUT2D eigenvalue weighted by atomic mass is 9.98. The predicted octanol–water partition coefficient (Wildman–Crippen LogP) is 6.47. The summed E-state index contributed by atoms with van der Waals surface area (Å²) in [6, 6.07) is 0. The SMILES string of the molecule is CCC1CCc2scc(C)c21.CCCCCCC. The van der Waals surface area contributed by atoms with Gasteiger partial charge in [0.1, 0.15) is 0 Å². The molecule has 1 aliphatic carbocycles. The van der Waals surface area contributed by atoms with Crippen molar-refractivity contribution < 1.29 is 0 Å². The Labute approximate surface area is 118 Å². The van der Waals surface area contributed by atoms with Gasteiger partial charge in [-0.2, -0.15) is 0 Å². The van der Waals surface area contributed by atoms with Crippen molar-refractivity contribution >= 4 is 11.3 Å². The van der Waals surface area contributed by atoms with Gasteiger partial charge in [0, 0.05) is 4.88 Å². The minimum absolute atomic E-state index is 0.885. The van der Waals surface area contributed by atoms with Gasteiger partial charge in [0.25, 0.3) is 0 Å². The molecule has 0 N–H and O–H groups in total. The van der Waals surface area contributed by atoms with Crippen LogP contribution >= 0.6 is 11.3 Å². The van der Waals surface area contributed by atoms with E-state index in [1.807, 2.05) is 11.3 Å². The summed E-state index contributed by atoms with van der Waals surface area (Å²) in [5.41, 5.74) is 3.23. The number of fused-ring (bicyclic) bond motifs is 1. The van der Waals surface area contributed by atoms with Crippen LogP contribution in [0.3, 0.4) is 0 Å². The monoisotopic (exact) mass is 266 g/mol. The standard InChI is InChI=1S/C10H14S.C7H16/c1-3-8-4-5-9-10(8)7(2)6-11-9;1-3-5-7-6-4-2/h6,8H,3-5H2,1-2H3;3-7H2,1-2H3. The van der Waals surface area contributed by atoms with Crippen molar-refractivity contribution in [2.45, 2.75) is 85.0 Å². The number of hydrogen-bond acceptors (Lipinski definition) is 1. The molecular weight excluding hydrogens is 236 g/mol. The first-order chi connectivity index (χ1) is 8.74. The molecule has 0 spiro atoms. The summed E-state index contributed by atoms with van der Waals surface area (Å²) < 4.78 is 0. The molecule has 1 aromatic heterocycles. The summed E-state index contributed by atoms with van der Waals surface area (Å²) >= 11 is 1.96. The molecule has 18 heavy (non-hydrogen) atoms.